The molecule has 0 aliphatic rings. The molecule has 0 radical (unpaired) electrons. The number of hydrogen-bond acceptors (Lipinski definition) is 2. The van der Waals surface area contributed by atoms with Crippen LogP contribution in [0.5, 0.6) is 0 Å². The van der Waals surface area contributed by atoms with E-state index in [0.717, 1.165) is 6.07 Å². The molecule has 0 fully saturated rings. The first-order chi connectivity index (χ1) is 6.56. The van der Waals surface area contributed by atoms with E-state index in [4.69, 9.17) is 5.11 Å². The van der Waals surface area contributed by atoms with Crippen molar-refractivity contribution in [2.24, 2.45) is 0 Å². The van der Waals surface area contributed by atoms with Gasteiger partial charge in [-0.15, -0.1) is 0 Å². The molecule has 3 nitrogen and oxygen atoms in total. The number of carboxylic acids is 1. The zero-order valence-electron chi connectivity index (χ0n) is 6.88. The van der Waals surface area contributed by atoms with E-state index in [1.54, 1.807) is 0 Å². The summed E-state index contributed by atoms with van der Waals surface area (Å²) in [4.78, 5) is 14.0. The van der Waals surface area contributed by atoms with E-state index in [0.29, 0.717) is 10.9 Å². The quantitative estimate of drug-likeness (QED) is 0.855. The van der Waals surface area contributed by atoms with Crippen LogP contribution >= 0.6 is 15.9 Å². The molecule has 1 heterocycles. The van der Waals surface area contributed by atoms with Gasteiger partial charge in [-0.25, -0.2) is 18.6 Å². The van der Waals surface area contributed by atoms with Gasteiger partial charge in [0, 0.05) is 11.5 Å². The summed E-state index contributed by atoms with van der Waals surface area (Å²) in [5, 5.41) is 8.93. The zero-order valence-corrected chi connectivity index (χ0v) is 8.46. The lowest BCUT2D eigenvalue weighted by Gasteiger charge is -2.05. The van der Waals surface area contributed by atoms with Crippen LogP contribution in [0, 0.1) is 0 Å². The van der Waals surface area contributed by atoms with Gasteiger partial charge in [0.2, 0.25) is 0 Å². The van der Waals surface area contributed by atoms with Gasteiger partial charge in [-0.3, -0.25) is 0 Å². The third kappa shape index (κ3) is 2.25. The minimum atomic E-state index is -2.83. The van der Waals surface area contributed by atoms with Crippen molar-refractivity contribution in [2.45, 2.75) is 11.8 Å². The summed E-state index contributed by atoms with van der Waals surface area (Å²) >= 11 is 3.07. The molecule has 0 unspecified atom stereocenters. The van der Waals surface area contributed by atoms with Crippen LogP contribution < -0.4 is 0 Å². The zero-order chi connectivity index (χ0) is 10.7. The molecule has 1 rings (SSSR count). The third-order valence-electron chi connectivity index (χ3n) is 1.57. The summed E-state index contributed by atoms with van der Waals surface area (Å²) in [6, 6.07) is 1.13. The Balaban J connectivity index is 3.24. The van der Waals surface area contributed by atoms with Crippen molar-refractivity contribution in [1.29, 1.82) is 0 Å². The van der Waals surface area contributed by atoms with Crippen LogP contribution in [-0.2, 0) is 5.33 Å². The van der Waals surface area contributed by atoms with Crippen molar-refractivity contribution in [3.05, 3.63) is 29.1 Å². The normalized spacial score (nSPS) is 10.6. The SMILES string of the molecule is O=C(O)c1ncc(CBr)cc1C(F)F. The van der Waals surface area contributed by atoms with E-state index in [1.165, 1.54) is 6.20 Å². The van der Waals surface area contributed by atoms with Gasteiger partial charge >= 0.3 is 5.97 Å². The Bertz CT molecular complexity index is 357. The molecular weight excluding hydrogens is 260 g/mol. The van der Waals surface area contributed by atoms with Crippen molar-refractivity contribution < 1.29 is 18.7 Å². The number of halogens is 3. The summed E-state index contributed by atoms with van der Waals surface area (Å²) in [5.41, 5.74) is -0.621. The van der Waals surface area contributed by atoms with Gasteiger partial charge in [-0.05, 0) is 11.6 Å². The van der Waals surface area contributed by atoms with Crippen molar-refractivity contribution in [3.63, 3.8) is 0 Å². The van der Waals surface area contributed by atoms with E-state index < -0.39 is 23.7 Å². The molecule has 0 saturated carbocycles. The Morgan fingerprint density at radius 3 is 2.71 bits per heavy atom. The lowest BCUT2D eigenvalue weighted by Crippen LogP contribution is -2.06. The second-order valence-corrected chi connectivity index (χ2v) is 3.08. The molecule has 0 atom stereocenters. The van der Waals surface area contributed by atoms with Crippen molar-refractivity contribution in [1.82, 2.24) is 4.98 Å². The first-order valence-electron chi connectivity index (χ1n) is 3.62. The van der Waals surface area contributed by atoms with Crippen molar-refractivity contribution in [3.8, 4) is 0 Å². The summed E-state index contributed by atoms with van der Waals surface area (Å²) in [6.45, 7) is 0. The monoisotopic (exact) mass is 265 g/mol. The molecule has 1 N–H and O–H groups in total. The van der Waals surface area contributed by atoms with Crippen LogP contribution in [0.2, 0.25) is 0 Å². The standard InChI is InChI=1S/C8H6BrF2NO2/c9-2-4-1-5(7(10)11)6(8(13)14)12-3-4/h1,3,7H,2H2,(H,13,14). The largest absolute Gasteiger partial charge is 0.476 e. The number of nitrogens with zero attached hydrogens (tertiary/aromatic N) is 1. The molecule has 14 heavy (non-hydrogen) atoms. The predicted molar refractivity (Wildman–Crippen MR) is 48.8 cm³/mol. The van der Waals surface area contributed by atoms with E-state index >= 15 is 0 Å². The topological polar surface area (TPSA) is 50.2 Å². The Hall–Kier alpha value is -1.04. The first kappa shape index (κ1) is 11.0. The van der Waals surface area contributed by atoms with E-state index in [9.17, 15) is 13.6 Å². The van der Waals surface area contributed by atoms with Crippen LogP contribution in [0.3, 0.4) is 0 Å². The molecule has 1 aromatic rings. The maximum absolute atomic E-state index is 12.4. The molecular formula is C8H6BrF2NO2. The Morgan fingerprint density at radius 2 is 2.29 bits per heavy atom. The molecule has 1 aromatic heterocycles. The van der Waals surface area contributed by atoms with Crippen LogP contribution in [0.15, 0.2) is 12.3 Å². The van der Waals surface area contributed by atoms with Crippen molar-refractivity contribution in [2.75, 3.05) is 0 Å². The fourth-order valence-corrected chi connectivity index (χ4v) is 1.25. The van der Waals surface area contributed by atoms with Crippen LogP contribution in [0.1, 0.15) is 28.0 Å². The second-order valence-electron chi connectivity index (χ2n) is 2.52. The van der Waals surface area contributed by atoms with E-state index in [-0.39, 0.29) is 0 Å². The lowest BCUT2D eigenvalue weighted by molar-refractivity contribution is 0.0677. The van der Waals surface area contributed by atoms with Gasteiger partial charge < -0.3 is 5.11 Å². The Morgan fingerprint density at radius 1 is 1.64 bits per heavy atom. The number of pyridine rings is 1. The highest BCUT2D eigenvalue weighted by atomic mass is 79.9. The molecule has 0 aliphatic heterocycles. The highest BCUT2D eigenvalue weighted by Crippen LogP contribution is 2.23. The molecule has 0 spiro atoms. The van der Waals surface area contributed by atoms with Gasteiger partial charge in [-0.2, -0.15) is 0 Å². The lowest BCUT2D eigenvalue weighted by atomic mass is 10.1. The van der Waals surface area contributed by atoms with Gasteiger partial charge in [0.1, 0.15) is 0 Å². The molecule has 76 valence electrons. The van der Waals surface area contributed by atoms with Gasteiger partial charge in [0.15, 0.2) is 5.69 Å². The molecule has 0 aromatic carbocycles. The number of carboxylic acid groups (broad SMARTS) is 1. The Labute approximate surface area is 86.9 Å². The number of rotatable bonds is 3. The van der Waals surface area contributed by atoms with Gasteiger partial charge in [0.05, 0.1) is 5.56 Å². The highest BCUT2D eigenvalue weighted by molar-refractivity contribution is 9.08. The first-order valence-corrected chi connectivity index (χ1v) is 4.74. The minimum absolute atomic E-state index is 0.361. The number of carbonyl (C=O) groups is 1. The predicted octanol–water partition coefficient (Wildman–Crippen LogP) is 2.61. The number of alkyl halides is 3. The fraction of sp³-hybridized carbons (Fsp3) is 0.250. The molecule has 6 heteroatoms. The smallest absolute Gasteiger partial charge is 0.354 e. The summed E-state index contributed by atoms with van der Waals surface area (Å²) in [5.74, 6) is -1.44. The average Bonchev–Trinajstić information content (AvgIpc) is 2.16. The number of aromatic carboxylic acids is 1. The molecule has 0 bridgehead atoms. The third-order valence-corrected chi connectivity index (χ3v) is 2.21. The number of aromatic nitrogens is 1. The summed E-state index contributed by atoms with van der Waals surface area (Å²) in [6.07, 6.45) is -1.57. The summed E-state index contributed by atoms with van der Waals surface area (Å²) < 4.78 is 24.8. The fourth-order valence-electron chi connectivity index (χ4n) is 0.945. The van der Waals surface area contributed by atoms with Gasteiger partial charge in [0.25, 0.3) is 6.43 Å². The highest BCUT2D eigenvalue weighted by Gasteiger charge is 2.19. The maximum atomic E-state index is 12.4. The average molecular weight is 266 g/mol. The summed E-state index contributed by atoms with van der Waals surface area (Å²) in [7, 11) is 0. The molecule has 0 aliphatic carbocycles. The Kier molecular flexibility index (Phi) is 3.51. The molecule has 0 amide bonds. The van der Waals surface area contributed by atoms with E-state index in [2.05, 4.69) is 20.9 Å². The maximum Gasteiger partial charge on any atom is 0.354 e. The van der Waals surface area contributed by atoms with Gasteiger partial charge in [-0.1, -0.05) is 15.9 Å². The van der Waals surface area contributed by atoms with Crippen molar-refractivity contribution >= 4 is 21.9 Å². The van der Waals surface area contributed by atoms with Crippen LogP contribution in [-0.4, -0.2) is 16.1 Å². The van der Waals surface area contributed by atoms with E-state index in [1.807, 2.05) is 0 Å². The minimum Gasteiger partial charge on any atom is -0.476 e. The molecule has 0 saturated heterocycles. The number of hydrogen-bond donors (Lipinski definition) is 1. The second kappa shape index (κ2) is 4.45. The van der Waals surface area contributed by atoms with Crippen LogP contribution in [0.25, 0.3) is 0 Å². The van der Waals surface area contributed by atoms with Crippen LogP contribution in [0.4, 0.5) is 8.78 Å².